The molecular formula is C49H33N3O. The van der Waals surface area contributed by atoms with E-state index in [0.29, 0.717) is 18.2 Å². The van der Waals surface area contributed by atoms with Gasteiger partial charge in [0, 0.05) is 21.9 Å². The molecule has 0 aliphatic rings. The van der Waals surface area contributed by atoms with Gasteiger partial charge < -0.3 is 10.2 Å². The minimum atomic E-state index is 0.392. The third-order valence-corrected chi connectivity index (χ3v) is 10.3. The van der Waals surface area contributed by atoms with Gasteiger partial charge >= 0.3 is 0 Å². The molecule has 10 rings (SSSR count). The summed E-state index contributed by atoms with van der Waals surface area (Å²) in [6.45, 7) is 0.392. The van der Waals surface area contributed by atoms with Crippen molar-refractivity contribution >= 4 is 76.7 Å². The van der Waals surface area contributed by atoms with Crippen LogP contribution in [0.3, 0.4) is 0 Å². The second-order valence-corrected chi connectivity index (χ2v) is 13.6. The van der Waals surface area contributed by atoms with E-state index in [2.05, 4.69) is 146 Å². The van der Waals surface area contributed by atoms with Crippen LogP contribution >= 0.6 is 0 Å². The van der Waals surface area contributed by atoms with Crippen molar-refractivity contribution in [3.63, 3.8) is 0 Å². The minimum absolute atomic E-state index is 0.392. The molecule has 0 fully saturated rings. The third kappa shape index (κ3) is 5.58. The molecule has 2 N–H and O–H groups in total. The average molecular weight is 680 g/mol. The fourth-order valence-corrected chi connectivity index (χ4v) is 7.60. The Morgan fingerprint density at radius 2 is 1.08 bits per heavy atom. The predicted molar refractivity (Wildman–Crippen MR) is 223 cm³/mol. The smallest absolute Gasteiger partial charge is 0.157 e. The van der Waals surface area contributed by atoms with Crippen molar-refractivity contribution < 1.29 is 4.42 Å². The van der Waals surface area contributed by atoms with Crippen molar-refractivity contribution in [1.29, 1.82) is 0 Å². The largest absolute Gasteiger partial charge is 0.456 e. The van der Waals surface area contributed by atoms with E-state index in [1.807, 2.05) is 30.3 Å². The van der Waals surface area contributed by atoms with Gasteiger partial charge in [0.15, 0.2) is 5.84 Å². The molecule has 0 saturated carbocycles. The van der Waals surface area contributed by atoms with E-state index in [-0.39, 0.29) is 0 Å². The van der Waals surface area contributed by atoms with Crippen LogP contribution in [-0.4, -0.2) is 11.7 Å². The summed E-state index contributed by atoms with van der Waals surface area (Å²) in [5, 5.41) is 11.5. The molecule has 0 aliphatic carbocycles. The van der Waals surface area contributed by atoms with Crippen LogP contribution in [0.4, 0.5) is 0 Å². The maximum Gasteiger partial charge on any atom is 0.157 e. The lowest BCUT2D eigenvalue weighted by Gasteiger charge is -2.10. The first-order valence-electron chi connectivity index (χ1n) is 17.9. The van der Waals surface area contributed by atoms with Crippen molar-refractivity contribution in [3.05, 3.63) is 193 Å². The number of nitrogens with zero attached hydrogens (tertiary/aromatic N) is 2. The number of amidine groups is 2. The van der Waals surface area contributed by atoms with Gasteiger partial charge in [-0.25, -0.2) is 4.99 Å². The molecule has 1 heterocycles. The molecule has 0 unspecified atom stereocenters. The van der Waals surface area contributed by atoms with Gasteiger partial charge in [-0.15, -0.1) is 0 Å². The lowest BCUT2D eigenvalue weighted by molar-refractivity contribution is 0.668. The second kappa shape index (κ2) is 12.6. The molecule has 10 aromatic rings. The van der Waals surface area contributed by atoms with Gasteiger partial charge in [-0.1, -0.05) is 140 Å². The lowest BCUT2D eigenvalue weighted by Crippen LogP contribution is -2.16. The summed E-state index contributed by atoms with van der Waals surface area (Å²) in [6, 6.07) is 61.5. The SMILES string of the molecule is N/C(=N\C(=N/Cc1cccc2oc3ccc(-c4ccc5ccccc5c4)cc3c12)c1ccc2ccc3ccccc3c2c1)c1ccc2ccccc2c1. The van der Waals surface area contributed by atoms with Crippen LogP contribution in [0.1, 0.15) is 16.7 Å². The van der Waals surface area contributed by atoms with Crippen LogP contribution in [0.15, 0.2) is 190 Å². The summed E-state index contributed by atoms with van der Waals surface area (Å²) in [7, 11) is 0. The zero-order chi connectivity index (χ0) is 35.3. The molecule has 0 aliphatic heterocycles. The van der Waals surface area contributed by atoms with E-state index in [9.17, 15) is 0 Å². The number of benzene rings is 9. The van der Waals surface area contributed by atoms with Crippen molar-refractivity contribution in [1.82, 2.24) is 0 Å². The number of hydrogen-bond acceptors (Lipinski definition) is 2. The number of nitrogens with two attached hydrogens (primary N) is 1. The summed E-state index contributed by atoms with van der Waals surface area (Å²) in [5.41, 5.74) is 13.6. The van der Waals surface area contributed by atoms with Gasteiger partial charge in [-0.3, -0.25) is 4.99 Å². The molecule has 1 aromatic heterocycles. The molecule has 0 amide bonds. The first-order chi connectivity index (χ1) is 26.1. The Kier molecular flexibility index (Phi) is 7.33. The predicted octanol–water partition coefficient (Wildman–Crippen LogP) is 12.2. The average Bonchev–Trinajstić information content (AvgIpc) is 3.60. The van der Waals surface area contributed by atoms with Gasteiger partial charge in [-0.05, 0) is 96.2 Å². The number of fused-ring (bicyclic) bond motifs is 8. The van der Waals surface area contributed by atoms with Gasteiger partial charge in [0.1, 0.15) is 17.0 Å². The third-order valence-electron chi connectivity index (χ3n) is 10.3. The maximum absolute atomic E-state index is 6.81. The second-order valence-electron chi connectivity index (χ2n) is 13.6. The van der Waals surface area contributed by atoms with E-state index in [0.717, 1.165) is 65.7 Å². The lowest BCUT2D eigenvalue weighted by atomic mass is 9.98. The molecule has 0 bridgehead atoms. The van der Waals surface area contributed by atoms with E-state index in [1.165, 1.54) is 27.1 Å². The zero-order valence-electron chi connectivity index (χ0n) is 28.8. The van der Waals surface area contributed by atoms with Crippen molar-refractivity contribution in [3.8, 4) is 11.1 Å². The van der Waals surface area contributed by atoms with Crippen LogP contribution in [0.2, 0.25) is 0 Å². The van der Waals surface area contributed by atoms with E-state index in [4.69, 9.17) is 20.1 Å². The number of hydrogen-bond donors (Lipinski definition) is 1. The Morgan fingerprint density at radius 1 is 0.453 bits per heavy atom. The zero-order valence-corrected chi connectivity index (χ0v) is 28.8. The molecular weight excluding hydrogens is 647 g/mol. The van der Waals surface area contributed by atoms with Crippen molar-refractivity contribution in [2.45, 2.75) is 6.54 Å². The fourth-order valence-electron chi connectivity index (χ4n) is 7.60. The normalized spacial score (nSPS) is 12.5. The topological polar surface area (TPSA) is 63.9 Å². The summed E-state index contributed by atoms with van der Waals surface area (Å²) < 4.78 is 6.40. The van der Waals surface area contributed by atoms with Crippen LogP contribution < -0.4 is 5.73 Å². The van der Waals surface area contributed by atoms with Crippen LogP contribution in [0.25, 0.3) is 76.2 Å². The Hall–Kier alpha value is -7.04. The molecule has 0 spiro atoms. The molecule has 4 nitrogen and oxygen atoms in total. The van der Waals surface area contributed by atoms with Crippen LogP contribution in [0, 0.1) is 0 Å². The van der Waals surface area contributed by atoms with Gasteiger partial charge in [0.05, 0.1) is 6.54 Å². The molecule has 53 heavy (non-hydrogen) atoms. The summed E-state index contributed by atoms with van der Waals surface area (Å²) in [5.74, 6) is 0.992. The highest BCUT2D eigenvalue weighted by Gasteiger charge is 2.14. The van der Waals surface area contributed by atoms with Crippen molar-refractivity contribution in [2.24, 2.45) is 15.7 Å². The quantitative estimate of drug-likeness (QED) is 0.112. The minimum Gasteiger partial charge on any atom is -0.456 e. The summed E-state index contributed by atoms with van der Waals surface area (Å²) in [6.07, 6.45) is 0. The molecule has 9 aromatic carbocycles. The van der Waals surface area contributed by atoms with E-state index < -0.39 is 0 Å². The Balaban J connectivity index is 1.11. The van der Waals surface area contributed by atoms with Gasteiger partial charge in [0.2, 0.25) is 0 Å². The highest BCUT2D eigenvalue weighted by molar-refractivity contribution is 6.15. The first kappa shape index (κ1) is 30.8. The number of rotatable bonds is 5. The highest BCUT2D eigenvalue weighted by atomic mass is 16.3. The summed E-state index contributed by atoms with van der Waals surface area (Å²) in [4.78, 5) is 10.3. The molecule has 0 atom stereocenters. The fraction of sp³-hybridized carbons (Fsp3) is 0.0204. The Labute approximate surface area is 306 Å². The summed E-state index contributed by atoms with van der Waals surface area (Å²) >= 11 is 0. The van der Waals surface area contributed by atoms with Crippen LogP contribution in [-0.2, 0) is 6.54 Å². The van der Waals surface area contributed by atoms with E-state index in [1.54, 1.807) is 0 Å². The molecule has 0 radical (unpaired) electrons. The molecule has 4 heteroatoms. The number of aliphatic imine (C=N–C) groups is 2. The first-order valence-corrected chi connectivity index (χ1v) is 17.9. The van der Waals surface area contributed by atoms with Crippen molar-refractivity contribution in [2.75, 3.05) is 0 Å². The van der Waals surface area contributed by atoms with Gasteiger partial charge in [-0.2, -0.15) is 0 Å². The van der Waals surface area contributed by atoms with Crippen LogP contribution in [0.5, 0.6) is 0 Å². The van der Waals surface area contributed by atoms with E-state index >= 15 is 0 Å². The standard InChI is InChI=1S/C49H33N3O/c50-48(39-22-17-32-9-2-4-12-36(32)27-39)52-49(40-23-20-34-19-18-33-10-5-6-14-42(33)43(34)29-40)51-30-41-13-7-15-46-47(41)44-28-38(24-25-45(44)53-46)37-21-16-31-8-1-3-11-35(31)26-37/h1-29H,30H2,(H2,50,51,52). The molecule has 250 valence electrons. The Morgan fingerprint density at radius 3 is 1.91 bits per heavy atom. The highest BCUT2D eigenvalue weighted by Crippen LogP contribution is 2.36. The maximum atomic E-state index is 6.81. The van der Waals surface area contributed by atoms with Gasteiger partial charge in [0.25, 0.3) is 0 Å². The molecule has 0 saturated heterocycles. The number of furan rings is 1. The Bertz CT molecular complexity index is 3110. The monoisotopic (exact) mass is 679 g/mol.